The number of hydrogen-bond acceptors (Lipinski definition) is 0. The summed E-state index contributed by atoms with van der Waals surface area (Å²) in [5.41, 5.74) is 0. The van der Waals surface area contributed by atoms with E-state index in [2.05, 4.69) is 67.6 Å². The van der Waals surface area contributed by atoms with Gasteiger partial charge in [0, 0.05) is 16.5 Å². The van der Waals surface area contributed by atoms with Crippen LogP contribution in [-0.4, -0.2) is 6.16 Å². The normalized spacial score (nSPS) is 10.0. The smallest absolute Gasteiger partial charge is 0 e. The van der Waals surface area contributed by atoms with Gasteiger partial charge in [0.1, 0.15) is 0 Å². The van der Waals surface area contributed by atoms with E-state index in [9.17, 15) is 0 Å². The maximum absolute atomic E-state index is 2.27. The number of rotatable bonds is 4. The minimum absolute atomic E-state index is 0. The molecule has 0 aliphatic carbocycles. The van der Waals surface area contributed by atoms with Gasteiger partial charge in [0.15, 0.2) is 0 Å². The van der Waals surface area contributed by atoms with E-state index in [0.717, 1.165) is 0 Å². The molecule has 0 heterocycles. The van der Waals surface area contributed by atoms with Crippen LogP contribution in [0.4, 0.5) is 0 Å². The Balaban J connectivity index is 0.00000144. The van der Waals surface area contributed by atoms with Gasteiger partial charge in [0.05, 0.1) is 0 Å². The molecule has 2 aromatic rings. The molecule has 2 rings (SSSR count). The first-order valence-electron chi connectivity index (χ1n) is 5.79. The van der Waals surface area contributed by atoms with E-state index in [4.69, 9.17) is 0 Å². The number of hydrogen-bond donors (Lipinski definition) is 0. The predicted molar refractivity (Wildman–Crippen MR) is 74.2 cm³/mol. The quantitative estimate of drug-likeness (QED) is 0.596. The van der Waals surface area contributed by atoms with Crippen molar-refractivity contribution in [1.82, 2.24) is 0 Å². The monoisotopic (exact) mass is 286 g/mol. The van der Waals surface area contributed by atoms with Gasteiger partial charge in [-0.1, -0.05) is 74.0 Å². The van der Waals surface area contributed by atoms with Crippen molar-refractivity contribution in [2.75, 3.05) is 6.16 Å². The summed E-state index contributed by atoms with van der Waals surface area (Å²) >= 11 is 0. The molecule has 2 aromatic carbocycles. The van der Waals surface area contributed by atoms with Crippen molar-refractivity contribution in [2.45, 2.75) is 13.3 Å². The van der Waals surface area contributed by atoms with Crippen LogP contribution >= 0.6 is 7.92 Å². The van der Waals surface area contributed by atoms with Gasteiger partial charge >= 0.3 is 0 Å². The Morgan fingerprint density at radius 2 is 1.18 bits per heavy atom. The second kappa shape index (κ2) is 7.64. The van der Waals surface area contributed by atoms with E-state index in [1.165, 1.54) is 23.2 Å². The van der Waals surface area contributed by atoms with Gasteiger partial charge in [-0.3, -0.25) is 0 Å². The van der Waals surface area contributed by atoms with Crippen LogP contribution < -0.4 is 10.6 Å². The molecule has 0 spiro atoms. The molecule has 2 heteroatoms. The second-order valence-corrected chi connectivity index (χ2v) is 6.16. The van der Waals surface area contributed by atoms with Crippen molar-refractivity contribution in [3.05, 3.63) is 60.7 Å². The Labute approximate surface area is 115 Å². The second-order valence-electron chi connectivity index (χ2n) is 3.82. The maximum atomic E-state index is 2.27. The summed E-state index contributed by atoms with van der Waals surface area (Å²) in [6.07, 6.45) is 2.53. The summed E-state index contributed by atoms with van der Waals surface area (Å²) in [5, 5.41) is 2.98. The van der Waals surface area contributed by atoms with Gasteiger partial charge in [-0.2, -0.15) is 0 Å². The van der Waals surface area contributed by atoms with E-state index < -0.39 is 0 Å². The average molecular weight is 287 g/mol. The molecule has 0 unspecified atom stereocenters. The first-order chi connectivity index (χ1) is 7.92. The van der Waals surface area contributed by atoms with Crippen LogP contribution in [0.1, 0.15) is 13.3 Å². The molecular formula is C15H17NiP. The van der Waals surface area contributed by atoms with Gasteiger partial charge in [-0.05, 0) is 24.7 Å². The molecule has 0 aliphatic heterocycles. The summed E-state index contributed by atoms with van der Waals surface area (Å²) in [4.78, 5) is 0. The molecule has 0 nitrogen and oxygen atoms in total. The van der Waals surface area contributed by atoms with E-state index in [-0.39, 0.29) is 24.4 Å². The van der Waals surface area contributed by atoms with Crippen LogP contribution in [-0.2, 0) is 16.5 Å². The molecule has 0 fully saturated rings. The van der Waals surface area contributed by atoms with E-state index in [1.54, 1.807) is 0 Å². The molecular weight excluding hydrogens is 270 g/mol. The standard InChI is InChI=1S/C15H17P.Ni/c1-2-13-16(14-9-5-3-6-10-14)15-11-7-4-8-12-15;/h3-12H,2,13H2,1H3;. The zero-order chi connectivity index (χ0) is 11.2. The third-order valence-electron chi connectivity index (χ3n) is 2.58. The molecule has 0 N–H and O–H groups in total. The van der Waals surface area contributed by atoms with Crippen molar-refractivity contribution in [3.8, 4) is 0 Å². The summed E-state index contributed by atoms with van der Waals surface area (Å²) < 4.78 is 0. The predicted octanol–water partition coefficient (Wildman–Crippen LogP) is 3.53. The van der Waals surface area contributed by atoms with Crippen molar-refractivity contribution in [1.29, 1.82) is 0 Å². The molecule has 0 amide bonds. The summed E-state index contributed by atoms with van der Waals surface area (Å²) in [5.74, 6) is 0. The van der Waals surface area contributed by atoms with Crippen LogP contribution in [0.15, 0.2) is 60.7 Å². The topological polar surface area (TPSA) is 0 Å². The minimum Gasteiger partial charge on any atom is -0.0650 e. The van der Waals surface area contributed by atoms with Gasteiger partial charge in [0.25, 0.3) is 0 Å². The summed E-state index contributed by atoms with van der Waals surface area (Å²) in [6, 6.07) is 21.8. The summed E-state index contributed by atoms with van der Waals surface area (Å²) in [7, 11) is -0.151. The Morgan fingerprint density at radius 3 is 1.53 bits per heavy atom. The fourth-order valence-electron chi connectivity index (χ4n) is 1.85. The zero-order valence-electron chi connectivity index (χ0n) is 9.95. The maximum Gasteiger partial charge on any atom is 0 e. The minimum atomic E-state index is -0.151. The SMILES string of the molecule is CCCP(c1ccccc1)c1ccccc1.[Ni]. The van der Waals surface area contributed by atoms with Crippen LogP contribution in [0, 0.1) is 0 Å². The molecule has 0 aliphatic rings. The first kappa shape index (κ1) is 14.4. The van der Waals surface area contributed by atoms with E-state index in [1.807, 2.05) is 0 Å². The van der Waals surface area contributed by atoms with Crippen molar-refractivity contribution >= 4 is 18.5 Å². The zero-order valence-corrected chi connectivity index (χ0v) is 11.8. The average Bonchev–Trinajstić information content (AvgIpc) is 2.38. The Hall–Kier alpha value is -0.636. The Bertz CT molecular complexity index is 374. The molecule has 0 saturated heterocycles. The van der Waals surface area contributed by atoms with Gasteiger partial charge < -0.3 is 0 Å². The largest absolute Gasteiger partial charge is 0.0650 e. The van der Waals surface area contributed by atoms with Crippen LogP contribution in [0.25, 0.3) is 0 Å². The van der Waals surface area contributed by atoms with Gasteiger partial charge in [-0.15, -0.1) is 0 Å². The Kier molecular flexibility index (Phi) is 6.49. The Morgan fingerprint density at radius 1 is 0.765 bits per heavy atom. The molecule has 0 aromatic heterocycles. The van der Waals surface area contributed by atoms with Crippen LogP contribution in [0.2, 0.25) is 0 Å². The third kappa shape index (κ3) is 3.95. The molecule has 92 valence electrons. The van der Waals surface area contributed by atoms with E-state index in [0.29, 0.717) is 0 Å². The molecule has 0 bridgehead atoms. The van der Waals surface area contributed by atoms with Crippen LogP contribution in [0.3, 0.4) is 0 Å². The first-order valence-corrected chi connectivity index (χ1v) is 7.32. The molecule has 0 radical (unpaired) electrons. The molecule has 17 heavy (non-hydrogen) atoms. The van der Waals surface area contributed by atoms with E-state index >= 15 is 0 Å². The fourth-order valence-corrected chi connectivity index (χ4v) is 4.17. The number of benzene rings is 2. The fraction of sp³-hybridized carbons (Fsp3) is 0.200. The van der Waals surface area contributed by atoms with Crippen molar-refractivity contribution in [3.63, 3.8) is 0 Å². The molecule has 0 saturated carbocycles. The molecule has 0 atom stereocenters. The summed E-state index contributed by atoms with van der Waals surface area (Å²) in [6.45, 7) is 2.27. The van der Waals surface area contributed by atoms with Gasteiger partial charge in [0.2, 0.25) is 0 Å². The van der Waals surface area contributed by atoms with Gasteiger partial charge in [-0.25, -0.2) is 0 Å². The van der Waals surface area contributed by atoms with Crippen molar-refractivity contribution < 1.29 is 16.5 Å². The van der Waals surface area contributed by atoms with Crippen LogP contribution in [0.5, 0.6) is 0 Å². The third-order valence-corrected chi connectivity index (χ3v) is 5.32. The van der Waals surface area contributed by atoms with Crippen molar-refractivity contribution in [2.24, 2.45) is 0 Å².